The fraction of sp³-hybridized carbons (Fsp3) is 0.545. The van der Waals surface area contributed by atoms with Crippen LogP contribution in [0.25, 0.3) is 5.69 Å². The Kier molecular flexibility index (Phi) is 7.94. The number of halogens is 1. The van der Waals surface area contributed by atoms with Crippen LogP contribution in [0.4, 0.5) is 0 Å². The largest absolute Gasteiger partial charge is 0.389 e. The molecule has 1 aromatic heterocycles. The van der Waals surface area contributed by atoms with Crippen molar-refractivity contribution >= 4 is 17.5 Å². The lowest BCUT2D eigenvalue weighted by Crippen LogP contribution is -2.42. The fourth-order valence-corrected chi connectivity index (χ4v) is 4.16. The minimum atomic E-state index is -0.895. The van der Waals surface area contributed by atoms with Gasteiger partial charge in [-0.2, -0.15) is 0 Å². The number of aliphatic hydroxyl groups excluding tert-OH is 1. The number of nitrogens with one attached hydrogen (secondary N) is 1. The highest BCUT2D eigenvalue weighted by Gasteiger charge is 2.28. The smallest absolute Gasteiger partial charge is 0.332 e. The molecule has 0 saturated heterocycles. The molecule has 1 fully saturated rings. The lowest BCUT2D eigenvalue weighted by molar-refractivity contribution is 0.0246. The normalized spacial score (nSPS) is 17.2. The number of carbonyl (C=O) groups excluding carboxylic acids is 1. The molecule has 1 heterocycles. The highest BCUT2D eigenvalue weighted by molar-refractivity contribution is 6.33. The number of nitrogens with zero attached hydrogens (tertiary/aromatic N) is 2. The summed E-state index contributed by atoms with van der Waals surface area (Å²) < 4.78 is 7.65. The molecule has 3 N–H and O–H groups in total. The predicted octanol–water partition coefficient (Wildman–Crippen LogP) is 2.11. The van der Waals surface area contributed by atoms with Gasteiger partial charge in [-0.05, 0) is 31.0 Å². The number of ether oxygens (including phenoxy) is 1. The molecule has 1 aliphatic carbocycles. The first-order valence-electron chi connectivity index (χ1n) is 10.6. The molecule has 9 heteroatoms. The molecule has 1 unspecified atom stereocenters. The molecule has 8 nitrogen and oxygen atoms in total. The Bertz CT molecular complexity index is 947. The van der Waals surface area contributed by atoms with Crippen molar-refractivity contribution in [3.63, 3.8) is 0 Å². The number of amides is 1. The van der Waals surface area contributed by atoms with E-state index in [1.165, 1.54) is 16.2 Å². The topological polar surface area (TPSA) is 106 Å². The highest BCUT2D eigenvalue weighted by Crippen LogP contribution is 2.27. The summed E-state index contributed by atoms with van der Waals surface area (Å²) in [6.07, 6.45) is 7.75. The molecular weight excluding hydrogens is 422 g/mol. The number of benzene rings is 1. The molecule has 0 bridgehead atoms. The number of rotatable bonds is 8. The summed E-state index contributed by atoms with van der Waals surface area (Å²) in [4.78, 5) is 25.5. The number of methoxy groups -OCH3 is 1. The minimum Gasteiger partial charge on any atom is -0.389 e. The van der Waals surface area contributed by atoms with Gasteiger partial charge in [0.2, 0.25) is 0 Å². The molecule has 1 saturated carbocycles. The van der Waals surface area contributed by atoms with Gasteiger partial charge in [-0.25, -0.2) is 4.79 Å². The van der Waals surface area contributed by atoms with Crippen molar-refractivity contribution in [1.82, 2.24) is 14.5 Å². The van der Waals surface area contributed by atoms with Gasteiger partial charge in [0.1, 0.15) is 0 Å². The molecule has 170 valence electrons. The molecule has 1 atom stereocenters. The van der Waals surface area contributed by atoms with Gasteiger partial charge < -0.3 is 20.3 Å². The number of hydrogen-bond donors (Lipinski definition) is 3. The Morgan fingerprint density at radius 3 is 2.65 bits per heavy atom. The summed E-state index contributed by atoms with van der Waals surface area (Å²) in [6.45, 7) is 0.383. The summed E-state index contributed by atoms with van der Waals surface area (Å²) in [5.74, 6) is -0.396. The quantitative estimate of drug-likeness (QED) is 0.533. The zero-order valence-electron chi connectivity index (χ0n) is 17.7. The van der Waals surface area contributed by atoms with E-state index >= 15 is 0 Å². The molecule has 0 aliphatic heterocycles. The maximum absolute atomic E-state index is 12.8. The summed E-state index contributed by atoms with van der Waals surface area (Å²) in [5.41, 5.74) is -0.534. The van der Waals surface area contributed by atoms with Crippen molar-refractivity contribution in [3.8, 4) is 5.69 Å². The molecule has 0 radical (unpaired) electrons. The third-order valence-corrected chi connectivity index (χ3v) is 6.03. The summed E-state index contributed by atoms with van der Waals surface area (Å²) in [5, 5.41) is 23.7. The second-order valence-electron chi connectivity index (χ2n) is 8.20. The van der Waals surface area contributed by atoms with Crippen molar-refractivity contribution in [1.29, 1.82) is 0 Å². The average Bonchev–Trinajstić information content (AvgIpc) is 2.95. The molecule has 31 heavy (non-hydrogen) atoms. The lowest BCUT2D eigenvalue weighted by Gasteiger charge is -2.26. The SMILES string of the molecule is COCC(O)Cn1ccn(-c2ccc(Cl)c(C(=O)NCC3(O)CCCCCC3)c2)c1=O. The predicted molar refractivity (Wildman–Crippen MR) is 118 cm³/mol. The standard InChI is InChI=1S/C22H30ClN3O5/c1-31-14-17(27)13-25-10-11-26(21(25)29)16-6-7-19(23)18(12-16)20(28)24-15-22(30)8-4-2-3-5-9-22/h6-7,10-12,17,27,30H,2-5,8-9,13-15H2,1H3,(H,24,28). The summed E-state index contributed by atoms with van der Waals surface area (Å²) in [6, 6.07) is 4.76. The summed E-state index contributed by atoms with van der Waals surface area (Å²) in [7, 11) is 1.48. The van der Waals surface area contributed by atoms with Crippen LogP contribution >= 0.6 is 11.6 Å². The fourth-order valence-electron chi connectivity index (χ4n) is 3.96. The van der Waals surface area contributed by atoms with Crippen LogP contribution in [0.2, 0.25) is 5.02 Å². The van der Waals surface area contributed by atoms with Crippen LogP contribution in [-0.2, 0) is 11.3 Å². The van der Waals surface area contributed by atoms with Gasteiger partial charge in [0, 0.05) is 26.0 Å². The average molecular weight is 452 g/mol. The van der Waals surface area contributed by atoms with E-state index < -0.39 is 17.6 Å². The molecular formula is C22H30ClN3O5. The first-order valence-corrected chi connectivity index (χ1v) is 11.0. The molecule has 1 aromatic carbocycles. The highest BCUT2D eigenvalue weighted by atomic mass is 35.5. The Morgan fingerprint density at radius 2 is 1.97 bits per heavy atom. The van der Waals surface area contributed by atoms with E-state index in [2.05, 4.69) is 5.32 Å². The maximum atomic E-state index is 12.8. The summed E-state index contributed by atoms with van der Waals surface area (Å²) >= 11 is 6.25. The van der Waals surface area contributed by atoms with Crippen molar-refractivity contribution in [2.45, 2.75) is 56.8 Å². The number of aliphatic hydroxyl groups is 2. The lowest BCUT2D eigenvalue weighted by atomic mass is 9.94. The van der Waals surface area contributed by atoms with Gasteiger partial charge in [-0.1, -0.05) is 37.3 Å². The Morgan fingerprint density at radius 1 is 1.26 bits per heavy atom. The van der Waals surface area contributed by atoms with E-state index in [-0.39, 0.29) is 36.0 Å². The molecule has 1 amide bonds. The van der Waals surface area contributed by atoms with E-state index in [9.17, 15) is 19.8 Å². The van der Waals surface area contributed by atoms with E-state index in [1.54, 1.807) is 30.6 Å². The van der Waals surface area contributed by atoms with E-state index in [0.29, 0.717) is 18.5 Å². The van der Waals surface area contributed by atoms with Crippen LogP contribution in [0.15, 0.2) is 35.4 Å². The number of aromatic nitrogens is 2. The first kappa shape index (κ1) is 23.5. The van der Waals surface area contributed by atoms with Crippen molar-refractivity contribution < 1.29 is 19.7 Å². The molecule has 3 rings (SSSR count). The second kappa shape index (κ2) is 10.5. The van der Waals surface area contributed by atoms with Gasteiger partial charge in [0.05, 0.1) is 41.1 Å². The number of imidazole rings is 1. The van der Waals surface area contributed by atoms with Crippen molar-refractivity contribution in [2.75, 3.05) is 20.3 Å². The van der Waals surface area contributed by atoms with Crippen LogP contribution in [0.1, 0.15) is 48.9 Å². The van der Waals surface area contributed by atoms with Crippen LogP contribution in [0.3, 0.4) is 0 Å². The number of carbonyl (C=O) groups is 1. The van der Waals surface area contributed by atoms with Gasteiger partial charge in [-0.3, -0.25) is 13.9 Å². The molecule has 2 aromatic rings. The van der Waals surface area contributed by atoms with E-state index in [4.69, 9.17) is 16.3 Å². The van der Waals surface area contributed by atoms with Crippen LogP contribution < -0.4 is 11.0 Å². The van der Waals surface area contributed by atoms with Gasteiger partial charge in [0.25, 0.3) is 5.91 Å². The zero-order chi connectivity index (χ0) is 22.4. The third kappa shape index (κ3) is 5.98. The monoisotopic (exact) mass is 451 g/mol. The van der Waals surface area contributed by atoms with Gasteiger partial charge >= 0.3 is 5.69 Å². The maximum Gasteiger partial charge on any atom is 0.332 e. The Labute approximate surface area is 186 Å². The van der Waals surface area contributed by atoms with Crippen LogP contribution in [-0.4, -0.2) is 57.2 Å². The minimum absolute atomic E-state index is 0.0964. The van der Waals surface area contributed by atoms with Crippen LogP contribution in [0.5, 0.6) is 0 Å². The third-order valence-electron chi connectivity index (χ3n) is 5.70. The second-order valence-corrected chi connectivity index (χ2v) is 8.60. The van der Waals surface area contributed by atoms with E-state index in [0.717, 1.165) is 25.7 Å². The van der Waals surface area contributed by atoms with E-state index in [1.807, 2.05) is 0 Å². The Balaban J connectivity index is 1.75. The number of hydrogen-bond acceptors (Lipinski definition) is 5. The van der Waals surface area contributed by atoms with Crippen LogP contribution in [0, 0.1) is 0 Å². The van der Waals surface area contributed by atoms with Gasteiger partial charge in [0.15, 0.2) is 0 Å². The zero-order valence-corrected chi connectivity index (χ0v) is 18.5. The first-order chi connectivity index (χ1) is 14.8. The van der Waals surface area contributed by atoms with Gasteiger partial charge in [-0.15, -0.1) is 0 Å². The van der Waals surface area contributed by atoms with Crippen molar-refractivity contribution in [2.24, 2.45) is 0 Å². The Hall–Kier alpha value is -2.13. The molecule has 1 aliphatic rings. The molecule has 0 spiro atoms. The van der Waals surface area contributed by atoms with Crippen molar-refractivity contribution in [3.05, 3.63) is 51.7 Å².